The van der Waals surface area contributed by atoms with E-state index in [1.54, 1.807) is 0 Å². The van der Waals surface area contributed by atoms with Gasteiger partial charge in [-0.25, -0.2) is 0 Å². The van der Waals surface area contributed by atoms with Gasteiger partial charge in [-0.3, -0.25) is 0 Å². The van der Waals surface area contributed by atoms with Crippen molar-refractivity contribution < 1.29 is 30.3 Å². The Labute approximate surface area is 138 Å². The summed E-state index contributed by atoms with van der Waals surface area (Å²) in [6, 6.07) is 0. The molecule has 6 N–H and O–H groups in total. The molecular weight excluding hydrogens is 302 g/mol. The van der Waals surface area contributed by atoms with Gasteiger partial charge >= 0.3 is 0 Å². The SMILES string of the molecule is OCCCCCCCCCCNC[C@H]1O[C@@](O)(CO)[C@H](O)[C@H]1O. The molecule has 0 unspecified atom stereocenters. The molecule has 0 aromatic rings. The van der Waals surface area contributed by atoms with Crippen LogP contribution in [0.3, 0.4) is 0 Å². The second kappa shape index (κ2) is 11.3. The van der Waals surface area contributed by atoms with Gasteiger partial charge in [-0.05, 0) is 19.4 Å². The van der Waals surface area contributed by atoms with Crippen molar-refractivity contribution in [1.82, 2.24) is 5.32 Å². The van der Waals surface area contributed by atoms with Gasteiger partial charge in [0.15, 0.2) is 0 Å². The van der Waals surface area contributed by atoms with Gasteiger partial charge < -0.3 is 35.6 Å². The Hall–Kier alpha value is -0.280. The molecule has 4 atom stereocenters. The quantitative estimate of drug-likeness (QED) is 0.251. The van der Waals surface area contributed by atoms with Gasteiger partial charge in [0.1, 0.15) is 18.3 Å². The third-order valence-electron chi connectivity index (χ3n) is 4.36. The molecule has 0 aliphatic carbocycles. The van der Waals surface area contributed by atoms with E-state index in [0.29, 0.717) is 6.54 Å². The van der Waals surface area contributed by atoms with E-state index in [-0.39, 0.29) is 6.61 Å². The van der Waals surface area contributed by atoms with Gasteiger partial charge in [0.25, 0.3) is 0 Å². The van der Waals surface area contributed by atoms with Crippen LogP contribution in [0, 0.1) is 0 Å². The molecule has 1 aliphatic heterocycles. The maximum absolute atomic E-state index is 9.78. The van der Waals surface area contributed by atoms with Crippen molar-refractivity contribution in [2.75, 3.05) is 26.3 Å². The highest BCUT2D eigenvalue weighted by Gasteiger charge is 2.52. The van der Waals surface area contributed by atoms with Crippen LogP contribution in [0.25, 0.3) is 0 Å². The number of hydrogen-bond donors (Lipinski definition) is 6. The maximum Gasteiger partial charge on any atom is 0.219 e. The van der Waals surface area contributed by atoms with Crippen LogP contribution in [0.1, 0.15) is 51.4 Å². The summed E-state index contributed by atoms with van der Waals surface area (Å²) in [7, 11) is 0. The summed E-state index contributed by atoms with van der Waals surface area (Å²) < 4.78 is 5.14. The van der Waals surface area contributed by atoms with Crippen molar-refractivity contribution in [3.63, 3.8) is 0 Å². The summed E-state index contributed by atoms with van der Waals surface area (Å²) in [4.78, 5) is 0. The minimum absolute atomic E-state index is 0.289. The lowest BCUT2D eigenvalue weighted by Crippen LogP contribution is -2.46. The third-order valence-corrected chi connectivity index (χ3v) is 4.36. The van der Waals surface area contributed by atoms with Crippen molar-refractivity contribution in [1.29, 1.82) is 0 Å². The monoisotopic (exact) mass is 335 g/mol. The normalized spacial score (nSPS) is 30.9. The molecule has 1 fully saturated rings. The number of nitrogens with one attached hydrogen (secondary N) is 1. The fourth-order valence-electron chi connectivity index (χ4n) is 2.83. The number of unbranched alkanes of at least 4 members (excludes halogenated alkanes) is 7. The van der Waals surface area contributed by atoms with E-state index in [4.69, 9.17) is 14.9 Å². The lowest BCUT2D eigenvalue weighted by molar-refractivity contribution is -0.245. The van der Waals surface area contributed by atoms with Crippen LogP contribution >= 0.6 is 0 Å². The Balaban J connectivity index is 1.97. The average molecular weight is 335 g/mol. The molecule has 0 saturated carbocycles. The minimum atomic E-state index is -2.07. The average Bonchev–Trinajstić information content (AvgIpc) is 2.77. The first-order chi connectivity index (χ1) is 11.0. The first kappa shape index (κ1) is 20.8. The second-order valence-electron chi connectivity index (χ2n) is 6.35. The topological polar surface area (TPSA) is 122 Å². The van der Waals surface area contributed by atoms with E-state index in [0.717, 1.165) is 32.2 Å². The summed E-state index contributed by atoms with van der Waals surface area (Å²) >= 11 is 0. The second-order valence-corrected chi connectivity index (χ2v) is 6.35. The Bertz CT molecular complexity index is 306. The van der Waals surface area contributed by atoms with Gasteiger partial charge in [0.05, 0.1) is 6.61 Å². The molecule has 0 bridgehead atoms. The molecule has 1 rings (SSSR count). The smallest absolute Gasteiger partial charge is 0.219 e. The predicted octanol–water partition coefficient (Wildman–Crippen LogP) is -0.509. The largest absolute Gasteiger partial charge is 0.396 e. The number of hydrogen-bond acceptors (Lipinski definition) is 7. The number of aliphatic hydroxyl groups excluding tert-OH is 4. The molecule has 1 saturated heterocycles. The first-order valence-corrected chi connectivity index (χ1v) is 8.74. The molecule has 0 aromatic carbocycles. The van der Waals surface area contributed by atoms with Gasteiger partial charge in [-0.2, -0.15) is 0 Å². The fourth-order valence-corrected chi connectivity index (χ4v) is 2.83. The van der Waals surface area contributed by atoms with Crippen LogP contribution in [0.4, 0.5) is 0 Å². The Morgan fingerprint density at radius 1 is 0.870 bits per heavy atom. The summed E-state index contributed by atoms with van der Waals surface area (Å²) in [6.07, 6.45) is 5.53. The fraction of sp³-hybridized carbons (Fsp3) is 1.00. The minimum Gasteiger partial charge on any atom is -0.396 e. The molecule has 7 heteroatoms. The van der Waals surface area contributed by atoms with E-state index in [9.17, 15) is 15.3 Å². The number of rotatable bonds is 13. The summed E-state index contributed by atoms with van der Waals surface area (Å²) in [5.74, 6) is -2.07. The predicted molar refractivity (Wildman–Crippen MR) is 85.8 cm³/mol. The maximum atomic E-state index is 9.78. The molecule has 138 valence electrons. The Morgan fingerprint density at radius 2 is 1.43 bits per heavy atom. The molecule has 0 spiro atoms. The lowest BCUT2D eigenvalue weighted by Gasteiger charge is -2.22. The van der Waals surface area contributed by atoms with E-state index in [1.807, 2.05) is 0 Å². The van der Waals surface area contributed by atoms with E-state index < -0.39 is 30.7 Å². The van der Waals surface area contributed by atoms with Crippen molar-refractivity contribution in [3.05, 3.63) is 0 Å². The molecule has 1 aliphatic rings. The van der Waals surface area contributed by atoms with Gasteiger partial charge in [0.2, 0.25) is 5.79 Å². The Kier molecular flexibility index (Phi) is 10.2. The van der Waals surface area contributed by atoms with E-state index >= 15 is 0 Å². The van der Waals surface area contributed by atoms with Crippen molar-refractivity contribution in [3.8, 4) is 0 Å². The number of ether oxygens (including phenoxy) is 1. The van der Waals surface area contributed by atoms with Gasteiger partial charge in [-0.15, -0.1) is 0 Å². The van der Waals surface area contributed by atoms with Gasteiger partial charge in [0, 0.05) is 13.2 Å². The van der Waals surface area contributed by atoms with Crippen LogP contribution in [0.5, 0.6) is 0 Å². The summed E-state index contributed by atoms with van der Waals surface area (Å²) in [5, 5.41) is 50.0. The molecule has 0 amide bonds. The van der Waals surface area contributed by atoms with Crippen LogP contribution < -0.4 is 5.32 Å². The molecule has 7 nitrogen and oxygen atoms in total. The highest BCUT2D eigenvalue weighted by Crippen LogP contribution is 2.28. The molecular formula is C16H33NO6. The number of aliphatic hydroxyl groups is 5. The Morgan fingerprint density at radius 3 is 1.96 bits per heavy atom. The zero-order chi connectivity index (χ0) is 17.1. The van der Waals surface area contributed by atoms with Gasteiger partial charge in [-0.1, -0.05) is 38.5 Å². The van der Waals surface area contributed by atoms with Crippen LogP contribution in [0.15, 0.2) is 0 Å². The zero-order valence-electron chi connectivity index (χ0n) is 13.9. The highest BCUT2D eigenvalue weighted by atomic mass is 16.7. The molecule has 23 heavy (non-hydrogen) atoms. The highest BCUT2D eigenvalue weighted by molar-refractivity contribution is 4.95. The van der Waals surface area contributed by atoms with Crippen LogP contribution in [-0.4, -0.2) is 75.9 Å². The van der Waals surface area contributed by atoms with Crippen LogP contribution in [0.2, 0.25) is 0 Å². The molecule has 0 aromatic heterocycles. The van der Waals surface area contributed by atoms with E-state index in [2.05, 4.69) is 5.32 Å². The van der Waals surface area contributed by atoms with E-state index in [1.165, 1.54) is 25.7 Å². The van der Waals surface area contributed by atoms with Crippen molar-refractivity contribution in [2.24, 2.45) is 0 Å². The standard InChI is InChI=1S/C16H33NO6/c18-10-8-6-4-2-1-3-5-7-9-17-11-13-14(20)15(21)16(22,12-19)23-13/h13-15,17-22H,1-12H2/t13-,14+,15-,16+/m1/s1. The van der Waals surface area contributed by atoms with Crippen molar-refractivity contribution >= 4 is 0 Å². The van der Waals surface area contributed by atoms with Crippen molar-refractivity contribution in [2.45, 2.75) is 75.5 Å². The lowest BCUT2D eigenvalue weighted by atomic mass is 10.1. The summed E-state index contributed by atoms with van der Waals surface area (Å²) in [6.45, 7) is 0.643. The zero-order valence-corrected chi connectivity index (χ0v) is 13.9. The summed E-state index contributed by atoms with van der Waals surface area (Å²) in [5.41, 5.74) is 0. The molecule has 0 radical (unpaired) electrons. The first-order valence-electron chi connectivity index (χ1n) is 8.74. The third kappa shape index (κ3) is 7.01. The molecule has 1 heterocycles. The van der Waals surface area contributed by atoms with Crippen LogP contribution in [-0.2, 0) is 4.74 Å².